The highest BCUT2D eigenvalue weighted by molar-refractivity contribution is 4.92. The van der Waals surface area contributed by atoms with E-state index in [9.17, 15) is 0 Å². The maximum absolute atomic E-state index is 5.48. The lowest BCUT2D eigenvalue weighted by Crippen LogP contribution is -2.24. The molecule has 0 saturated heterocycles. The lowest BCUT2D eigenvalue weighted by Gasteiger charge is -2.19. The molecule has 0 aliphatic rings. The fourth-order valence-electron chi connectivity index (χ4n) is 1.08. The van der Waals surface area contributed by atoms with Crippen molar-refractivity contribution in [2.75, 3.05) is 6.61 Å². The average molecular weight is 210 g/mol. The van der Waals surface area contributed by atoms with Gasteiger partial charge in [0.1, 0.15) is 0 Å². The molecule has 1 aromatic heterocycles. The molecule has 0 saturated carbocycles. The maximum Gasteiger partial charge on any atom is 0.335 e. The standard InChI is InChI=1S/C10H18N4O/c1-5-6-7-8-15-9-11-12-13-14(9)10(2,3)4/h5H,1,6-8H2,2-4H3. The first kappa shape index (κ1) is 11.7. The van der Waals surface area contributed by atoms with Crippen LogP contribution in [0.4, 0.5) is 0 Å². The number of ether oxygens (including phenoxy) is 1. The minimum atomic E-state index is -0.155. The molecular weight excluding hydrogens is 192 g/mol. The smallest absolute Gasteiger partial charge is 0.335 e. The molecule has 0 unspecified atom stereocenters. The topological polar surface area (TPSA) is 52.8 Å². The monoisotopic (exact) mass is 210 g/mol. The van der Waals surface area contributed by atoms with E-state index in [0.717, 1.165) is 12.8 Å². The summed E-state index contributed by atoms with van der Waals surface area (Å²) >= 11 is 0. The minimum absolute atomic E-state index is 0.155. The number of tetrazole rings is 1. The van der Waals surface area contributed by atoms with Crippen molar-refractivity contribution >= 4 is 0 Å². The molecule has 0 atom stereocenters. The van der Waals surface area contributed by atoms with Gasteiger partial charge in [0, 0.05) is 0 Å². The molecule has 0 aliphatic carbocycles. The summed E-state index contributed by atoms with van der Waals surface area (Å²) in [6.07, 6.45) is 3.74. The second-order valence-electron chi connectivity index (χ2n) is 4.32. The first-order chi connectivity index (χ1) is 7.05. The highest BCUT2D eigenvalue weighted by Gasteiger charge is 2.20. The van der Waals surface area contributed by atoms with E-state index < -0.39 is 0 Å². The highest BCUT2D eigenvalue weighted by atomic mass is 16.5. The zero-order chi connectivity index (χ0) is 11.3. The van der Waals surface area contributed by atoms with E-state index in [2.05, 4.69) is 22.1 Å². The molecule has 84 valence electrons. The number of rotatable bonds is 5. The van der Waals surface area contributed by atoms with Crippen LogP contribution in [0.1, 0.15) is 33.6 Å². The third-order valence-electron chi connectivity index (χ3n) is 1.86. The zero-order valence-corrected chi connectivity index (χ0v) is 9.60. The van der Waals surface area contributed by atoms with Crippen LogP contribution in [0.3, 0.4) is 0 Å². The van der Waals surface area contributed by atoms with Crippen LogP contribution in [0.5, 0.6) is 6.01 Å². The number of hydrogen-bond donors (Lipinski definition) is 0. The van der Waals surface area contributed by atoms with Crippen molar-refractivity contribution in [3.8, 4) is 6.01 Å². The normalized spacial score (nSPS) is 11.4. The van der Waals surface area contributed by atoms with E-state index in [1.165, 1.54) is 0 Å². The summed E-state index contributed by atoms with van der Waals surface area (Å²) in [5.74, 6) is 0. The Morgan fingerprint density at radius 3 is 2.80 bits per heavy atom. The van der Waals surface area contributed by atoms with Gasteiger partial charge in [0.25, 0.3) is 0 Å². The van der Waals surface area contributed by atoms with E-state index in [-0.39, 0.29) is 5.54 Å². The molecule has 0 N–H and O–H groups in total. The molecule has 5 nitrogen and oxygen atoms in total. The molecule has 0 spiro atoms. The molecule has 0 radical (unpaired) electrons. The molecule has 0 amide bonds. The molecular formula is C10H18N4O. The third kappa shape index (κ3) is 3.34. The minimum Gasteiger partial charge on any atom is -0.463 e. The second kappa shape index (κ2) is 4.91. The fraction of sp³-hybridized carbons (Fsp3) is 0.700. The Labute approximate surface area is 90.1 Å². The first-order valence-corrected chi connectivity index (χ1v) is 5.08. The highest BCUT2D eigenvalue weighted by Crippen LogP contribution is 2.17. The predicted molar refractivity (Wildman–Crippen MR) is 57.7 cm³/mol. The van der Waals surface area contributed by atoms with Crippen molar-refractivity contribution in [3.63, 3.8) is 0 Å². The van der Waals surface area contributed by atoms with E-state index in [1.54, 1.807) is 4.68 Å². The van der Waals surface area contributed by atoms with E-state index in [1.807, 2.05) is 26.8 Å². The van der Waals surface area contributed by atoms with Crippen LogP contribution in [0.15, 0.2) is 12.7 Å². The molecule has 15 heavy (non-hydrogen) atoms. The Kier molecular flexibility index (Phi) is 3.82. The van der Waals surface area contributed by atoms with Gasteiger partial charge in [0.15, 0.2) is 0 Å². The average Bonchev–Trinajstić information content (AvgIpc) is 2.59. The fourth-order valence-corrected chi connectivity index (χ4v) is 1.08. The summed E-state index contributed by atoms with van der Waals surface area (Å²) in [6, 6.07) is 0.478. The van der Waals surface area contributed by atoms with Gasteiger partial charge in [-0.05, 0) is 44.0 Å². The Balaban J connectivity index is 2.54. The van der Waals surface area contributed by atoms with Gasteiger partial charge in [0.2, 0.25) is 0 Å². The Bertz CT molecular complexity index is 313. The third-order valence-corrected chi connectivity index (χ3v) is 1.86. The number of hydrogen-bond acceptors (Lipinski definition) is 4. The molecule has 1 heterocycles. The van der Waals surface area contributed by atoms with Gasteiger partial charge in [0.05, 0.1) is 12.1 Å². The summed E-state index contributed by atoms with van der Waals surface area (Å²) in [4.78, 5) is 0. The van der Waals surface area contributed by atoms with Crippen LogP contribution < -0.4 is 4.74 Å². The van der Waals surface area contributed by atoms with Crippen LogP contribution >= 0.6 is 0 Å². The number of nitrogens with zero attached hydrogens (tertiary/aromatic N) is 4. The van der Waals surface area contributed by atoms with Crippen molar-refractivity contribution in [1.82, 2.24) is 20.2 Å². The lowest BCUT2D eigenvalue weighted by atomic mass is 10.1. The molecule has 1 aromatic rings. The van der Waals surface area contributed by atoms with Crippen molar-refractivity contribution in [2.45, 2.75) is 39.2 Å². The van der Waals surface area contributed by atoms with Gasteiger partial charge in [-0.25, -0.2) is 0 Å². The largest absolute Gasteiger partial charge is 0.463 e. The first-order valence-electron chi connectivity index (χ1n) is 5.08. The summed E-state index contributed by atoms with van der Waals surface area (Å²) in [7, 11) is 0. The summed E-state index contributed by atoms with van der Waals surface area (Å²) in [5, 5.41) is 11.3. The summed E-state index contributed by atoms with van der Waals surface area (Å²) in [5.41, 5.74) is -0.155. The van der Waals surface area contributed by atoms with E-state index in [4.69, 9.17) is 4.74 Å². The van der Waals surface area contributed by atoms with E-state index >= 15 is 0 Å². The SMILES string of the molecule is C=CCCCOc1nnnn1C(C)(C)C. The number of unbranched alkanes of at least 4 members (excludes halogenated alkanes) is 1. The van der Waals surface area contributed by atoms with Gasteiger partial charge in [-0.1, -0.05) is 11.2 Å². The quantitative estimate of drug-likeness (QED) is 0.549. The van der Waals surface area contributed by atoms with Crippen molar-refractivity contribution in [2.24, 2.45) is 0 Å². The maximum atomic E-state index is 5.48. The van der Waals surface area contributed by atoms with Crippen molar-refractivity contribution < 1.29 is 4.74 Å². The Morgan fingerprint density at radius 1 is 1.47 bits per heavy atom. The lowest BCUT2D eigenvalue weighted by molar-refractivity contribution is 0.231. The van der Waals surface area contributed by atoms with Gasteiger partial charge < -0.3 is 4.74 Å². The molecule has 1 rings (SSSR count). The van der Waals surface area contributed by atoms with Crippen LogP contribution in [-0.4, -0.2) is 26.8 Å². The van der Waals surface area contributed by atoms with Crippen LogP contribution in [0.2, 0.25) is 0 Å². The molecule has 5 heteroatoms. The summed E-state index contributed by atoms with van der Waals surface area (Å²) < 4.78 is 7.17. The zero-order valence-electron chi connectivity index (χ0n) is 9.60. The summed E-state index contributed by atoms with van der Waals surface area (Å²) in [6.45, 7) is 10.3. The number of allylic oxidation sites excluding steroid dienone is 1. The second-order valence-corrected chi connectivity index (χ2v) is 4.32. The Hall–Kier alpha value is -1.39. The van der Waals surface area contributed by atoms with E-state index in [0.29, 0.717) is 12.6 Å². The van der Waals surface area contributed by atoms with Gasteiger partial charge >= 0.3 is 6.01 Å². The molecule has 0 aliphatic heterocycles. The van der Waals surface area contributed by atoms with Gasteiger partial charge in [-0.3, -0.25) is 0 Å². The van der Waals surface area contributed by atoms with Gasteiger partial charge in [-0.15, -0.1) is 6.58 Å². The number of aromatic nitrogens is 4. The molecule has 0 fully saturated rings. The van der Waals surface area contributed by atoms with Crippen LogP contribution in [-0.2, 0) is 5.54 Å². The van der Waals surface area contributed by atoms with Crippen molar-refractivity contribution in [3.05, 3.63) is 12.7 Å². The van der Waals surface area contributed by atoms with Crippen LogP contribution in [0.25, 0.3) is 0 Å². The van der Waals surface area contributed by atoms with Gasteiger partial charge in [-0.2, -0.15) is 4.68 Å². The van der Waals surface area contributed by atoms with Crippen molar-refractivity contribution in [1.29, 1.82) is 0 Å². The predicted octanol–water partition coefficient (Wildman–Crippen LogP) is 1.77. The Morgan fingerprint density at radius 2 is 2.20 bits per heavy atom. The molecule has 0 aromatic carbocycles. The molecule has 0 bridgehead atoms. The van der Waals surface area contributed by atoms with Crippen LogP contribution in [0, 0.1) is 0 Å².